The van der Waals surface area contributed by atoms with Crippen molar-refractivity contribution in [2.75, 3.05) is 10.6 Å². The van der Waals surface area contributed by atoms with Gasteiger partial charge in [0.1, 0.15) is 5.92 Å². The Balaban J connectivity index is 1.17. The molecule has 4 aromatic carbocycles. The molecule has 1 amide bonds. The van der Waals surface area contributed by atoms with Crippen LogP contribution in [0.5, 0.6) is 0 Å². The third-order valence-corrected chi connectivity index (χ3v) is 7.59. The maximum Gasteiger partial charge on any atom is 0.255 e. The fourth-order valence-electron chi connectivity index (χ4n) is 5.27. The highest BCUT2D eigenvalue weighted by Gasteiger charge is 2.41. The number of anilines is 3. The highest BCUT2D eigenvalue weighted by atomic mass is 35.5. The van der Waals surface area contributed by atoms with Crippen molar-refractivity contribution in [2.45, 2.75) is 5.92 Å². The van der Waals surface area contributed by atoms with Gasteiger partial charge >= 0.3 is 0 Å². The average Bonchev–Trinajstić information content (AvgIpc) is 3.25. The van der Waals surface area contributed by atoms with Crippen LogP contribution in [0.25, 0.3) is 21.7 Å². The smallest absolute Gasteiger partial charge is 0.255 e. The molecule has 208 valence electrons. The lowest BCUT2D eigenvalue weighted by atomic mass is 9.98. The Morgan fingerprint density at radius 3 is 2.16 bits per heavy atom. The van der Waals surface area contributed by atoms with Crippen molar-refractivity contribution >= 4 is 79.7 Å². The second kappa shape index (κ2) is 10.5. The number of nitrogens with one attached hydrogen (secondary N) is 2. The number of carbonyl (C=O) groups excluding carboxylic acids is 3. The van der Waals surface area contributed by atoms with Crippen LogP contribution in [0.3, 0.4) is 0 Å². The van der Waals surface area contributed by atoms with E-state index in [4.69, 9.17) is 23.2 Å². The number of amides is 1. The normalized spacial score (nSPS) is 14.2. The number of hydrogen-bond acceptors (Lipinski definition) is 8. The molecule has 2 N–H and O–H groups in total. The number of ketones is 2. The zero-order chi connectivity index (χ0) is 29.7. The van der Waals surface area contributed by atoms with Crippen LogP contribution in [0.4, 0.5) is 17.3 Å². The highest BCUT2D eigenvalue weighted by molar-refractivity contribution is 6.31. The molecule has 1 unspecified atom stereocenters. The van der Waals surface area contributed by atoms with Crippen LogP contribution in [-0.4, -0.2) is 37.4 Å². The van der Waals surface area contributed by atoms with Gasteiger partial charge < -0.3 is 10.6 Å². The monoisotopic (exact) mass is 604 g/mol. The van der Waals surface area contributed by atoms with E-state index in [0.29, 0.717) is 22.6 Å². The molecule has 0 radical (unpaired) electrons. The van der Waals surface area contributed by atoms with Crippen LogP contribution >= 0.6 is 23.2 Å². The summed E-state index contributed by atoms with van der Waals surface area (Å²) in [6, 6.07) is 26.5. The summed E-state index contributed by atoms with van der Waals surface area (Å²) >= 11 is 11.8. The lowest BCUT2D eigenvalue weighted by Gasteiger charge is -2.13. The average molecular weight is 605 g/mol. The topological polar surface area (TPSA) is 127 Å². The van der Waals surface area contributed by atoms with Crippen molar-refractivity contribution in [3.05, 3.63) is 124 Å². The molecular weight excluding hydrogens is 587 g/mol. The van der Waals surface area contributed by atoms with Crippen LogP contribution in [0, 0.1) is 0 Å². The zero-order valence-corrected chi connectivity index (χ0v) is 23.5. The second-order valence-electron chi connectivity index (χ2n) is 9.83. The summed E-state index contributed by atoms with van der Waals surface area (Å²) in [6.45, 7) is 0. The van der Waals surface area contributed by atoms with Crippen molar-refractivity contribution in [1.82, 2.24) is 19.9 Å². The summed E-state index contributed by atoms with van der Waals surface area (Å²) in [6.07, 6.45) is 0. The maximum atomic E-state index is 13.5. The first-order valence-corrected chi connectivity index (χ1v) is 13.9. The van der Waals surface area contributed by atoms with E-state index in [-0.39, 0.29) is 44.8 Å². The van der Waals surface area contributed by atoms with E-state index >= 15 is 0 Å². The van der Waals surface area contributed by atoms with Gasteiger partial charge in [0.25, 0.3) is 5.91 Å². The summed E-state index contributed by atoms with van der Waals surface area (Å²) in [4.78, 5) is 56.5. The number of carbonyl (C=O) groups is 3. The van der Waals surface area contributed by atoms with Crippen molar-refractivity contribution in [3.63, 3.8) is 0 Å². The molecule has 0 bridgehead atoms. The minimum absolute atomic E-state index is 0.0509. The Kier molecular flexibility index (Phi) is 6.53. The molecule has 1 aliphatic rings. The van der Waals surface area contributed by atoms with Crippen molar-refractivity contribution in [2.24, 2.45) is 0 Å². The molecule has 0 fully saturated rings. The second-order valence-corrected chi connectivity index (χ2v) is 10.5. The molecule has 1 atom stereocenters. The molecule has 2 aromatic heterocycles. The Hall–Kier alpha value is -5.25. The molecule has 0 aliphatic heterocycles. The lowest BCUT2D eigenvalue weighted by Crippen LogP contribution is -2.14. The number of Topliss-reactive ketones (excluding diaryl/α,β-unsaturated/α-hetero) is 2. The number of nitrogens with zero attached hydrogens (tertiary/aromatic N) is 4. The number of aromatic nitrogens is 4. The van der Waals surface area contributed by atoms with Gasteiger partial charge in [-0.15, -0.1) is 0 Å². The predicted molar refractivity (Wildman–Crippen MR) is 165 cm³/mol. The van der Waals surface area contributed by atoms with E-state index < -0.39 is 11.8 Å². The quantitative estimate of drug-likeness (QED) is 0.201. The standard InChI is InChI=1S/C32H18Cl2N6O3/c33-30-38-31(34)40-32(39-30)37-24-10-4-6-18-19(24)7-3-9-23(18)36-29(43)17-11-13-20-21(15-17)28(42)26(27(20)41)25-14-12-16-5-1-2-8-22(16)35-25/h1-15,26H,(H,36,43)(H,37,38,39,40). The van der Waals surface area contributed by atoms with Gasteiger partial charge in [0.2, 0.25) is 16.5 Å². The fourth-order valence-corrected chi connectivity index (χ4v) is 5.63. The number of benzene rings is 4. The third kappa shape index (κ3) is 4.84. The largest absolute Gasteiger partial charge is 0.323 e. The first-order valence-electron chi connectivity index (χ1n) is 13.1. The maximum absolute atomic E-state index is 13.5. The first-order chi connectivity index (χ1) is 20.9. The number of rotatable bonds is 5. The summed E-state index contributed by atoms with van der Waals surface area (Å²) < 4.78 is 0. The zero-order valence-electron chi connectivity index (χ0n) is 22.0. The van der Waals surface area contributed by atoms with Crippen LogP contribution < -0.4 is 10.6 Å². The minimum atomic E-state index is -1.05. The van der Waals surface area contributed by atoms with E-state index in [1.54, 1.807) is 24.3 Å². The van der Waals surface area contributed by atoms with Gasteiger partial charge in [0.15, 0.2) is 11.6 Å². The molecule has 6 aromatic rings. The van der Waals surface area contributed by atoms with Crippen LogP contribution in [-0.2, 0) is 0 Å². The van der Waals surface area contributed by atoms with Gasteiger partial charge in [-0.25, -0.2) is 0 Å². The third-order valence-electron chi connectivity index (χ3n) is 7.25. The van der Waals surface area contributed by atoms with E-state index in [1.165, 1.54) is 12.1 Å². The van der Waals surface area contributed by atoms with Crippen LogP contribution in [0.1, 0.15) is 42.7 Å². The predicted octanol–water partition coefficient (Wildman–Crippen LogP) is 7.04. The van der Waals surface area contributed by atoms with Gasteiger partial charge in [-0.2, -0.15) is 15.0 Å². The summed E-state index contributed by atoms with van der Waals surface area (Å²) in [5.41, 5.74) is 3.01. The van der Waals surface area contributed by atoms with E-state index in [0.717, 1.165) is 16.2 Å². The van der Waals surface area contributed by atoms with Gasteiger partial charge in [-0.3, -0.25) is 19.4 Å². The summed E-state index contributed by atoms with van der Waals surface area (Å²) in [7, 11) is 0. The molecule has 2 heterocycles. The minimum Gasteiger partial charge on any atom is -0.323 e. The molecule has 43 heavy (non-hydrogen) atoms. The molecule has 0 saturated carbocycles. The first kappa shape index (κ1) is 26.6. The Labute approximate surface area is 253 Å². The molecule has 9 nitrogen and oxygen atoms in total. The number of halogens is 2. The Bertz CT molecular complexity index is 2130. The number of para-hydroxylation sites is 1. The molecule has 0 spiro atoms. The number of fused-ring (bicyclic) bond motifs is 3. The van der Waals surface area contributed by atoms with Crippen molar-refractivity contribution in [1.29, 1.82) is 0 Å². The van der Waals surface area contributed by atoms with E-state index in [1.807, 2.05) is 54.6 Å². The van der Waals surface area contributed by atoms with Gasteiger partial charge in [0, 0.05) is 44.2 Å². The number of hydrogen-bond donors (Lipinski definition) is 2. The highest BCUT2D eigenvalue weighted by Crippen LogP contribution is 2.35. The Morgan fingerprint density at radius 2 is 1.37 bits per heavy atom. The van der Waals surface area contributed by atoms with Gasteiger partial charge in [-0.1, -0.05) is 48.5 Å². The number of pyridine rings is 1. The van der Waals surface area contributed by atoms with Gasteiger partial charge in [-0.05, 0) is 65.7 Å². The van der Waals surface area contributed by atoms with Crippen LogP contribution in [0.15, 0.2) is 91.0 Å². The summed E-state index contributed by atoms with van der Waals surface area (Å²) in [5, 5.41) is 8.34. The molecule has 7 rings (SSSR count). The summed E-state index contributed by atoms with van der Waals surface area (Å²) in [5.74, 6) is -2.02. The van der Waals surface area contributed by atoms with Crippen molar-refractivity contribution in [3.8, 4) is 0 Å². The van der Waals surface area contributed by atoms with E-state index in [2.05, 4.69) is 30.6 Å². The SMILES string of the molecule is O=C(Nc1cccc2c(Nc3nc(Cl)nc(Cl)n3)cccc12)c1ccc2c(c1)C(=O)C(c1ccc3ccccc3n1)C2=O. The van der Waals surface area contributed by atoms with Crippen molar-refractivity contribution < 1.29 is 14.4 Å². The molecule has 1 aliphatic carbocycles. The van der Waals surface area contributed by atoms with Crippen LogP contribution in [0.2, 0.25) is 10.6 Å². The van der Waals surface area contributed by atoms with Gasteiger partial charge in [0.05, 0.1) is 11.2 Å². The molecule has 11 heteroatoms. The molecule has 0 saturated heterocycles. The lowest BCUT2D eigenvalue weighted by molar-refractivity contribution is 0.0887. The molecular formula is C32H18Cl2N6O3. The van der Waals surface area contributed by atoms with E-state index in [9.17, 15) is 14.4 Å². The Morgan fingerprint density at radius 1 is 0.674 bits per heavy atom. The fraction of sp³-hybridized carbons (Fsp3) is 0.0312.